The highest BCUT2D eigenvalue weighted by Gasteiger charge is 2.24. The summed E-state index contributed by atoms with van der Waals surface area (Å²) < 4.78 is 1.82. The molecule has 2 rings (SSSR count). The van der Waals surface area contributed by atoms with Gasteiger partial charge in [-0.2, -0.15) is 0 Å². The van der Waals surface area contributed by atoms with Crippen LogP contribution in [0.5, 0.6) is 0 Å². The van der Waals surface area contributed by atoms with E-state index in [0.29, 0.717) is 23.3 Å². The Bertz CT molecular complexity index is 703. The van der Waals surface area contributed by atoms with Gasteiger partial charge in [0.25, 0.3) is 0 Å². The van der Waals surface area contributed by atoms with Gasteiger partial charge in [0.2, 0.25) is 5.91 Å². The first-order chi connectivity index (χ1) is 9.88. The number of aromatic nitrogens is 2. The number of para-hydroxylation sites is 1. The summed E-state index contributed by atoms with van der Waals surface area (Å²) in [5.74, 6) is -0.356. The number of carboxylic acid groups (broad SMARTS) is 1. The quantitative estimate of drug-likeness (QED) is 0.933. The van der Waals surface area contributed by atoms with E-state index in [-0.39, 0.29) is 11.5 Å². The summed E-state index contributed by atoms with van der Waals surface area (Å²) in [6.07, 6.45) is 0.624. The van der Waals surface area contributed by atoms with Gasteiger partial charge in [-0.15, -0.1) is 0 Å². The summed E-state index contributed by atoms with van der Waals surface area (Å²) in [6, 6.07) is 4.58. The second-order valence-corrected chi connectivity index (χ2v) is 5.14. The fourth-order valence-corrected chi connectivity index (χ4v) is 2.50. The van der Waals surface area contributed by atoms with Crippen molar-refractivity contribution in [2.75, 3.05) is 14.1 Å². The molecule has 0 bridgehead atoms. The van der Waals surface area contributed by atoms with E-state index in [9.17, 15) is 14.7 Å². The lowest BCUT2D eigenvalue weighted by Crippen LogP contribution is -2.30. The first-order valence-corrected chi connectivity index (χ1v) is 6.82. The Labute approximate surface area is 123 Å². The fraction of sp³-hybridized carbons (Fsp3) is 0.400. The molecule has 1 N–H and O–H groups in total. The highest BCUT2D eigenvalue weighted by atomic mass is 16.4. The van der Waals surface area contributed by atoms with E-state index in [2.05, 4.69) is 4.98 Å². The Morgan fingerprint density at radius 1 is 1.38 bits per heavy atom. The van der Waals surface area contributed by atoms with Gasteiger partial charge in [0.05, 0.1) is 11.1 Å². The largest absolute Gasteiger partial charge is 0.478 e. The van der Waals surface area contributed by atoms with E-state index in [4.69, 9.17) is 0 Å². The van der Waals surface area contributed by atoms with Gasteiger partial charge in [-0.05, 0) is 19.1 Å². The first-order valence-electron chi connectivity index (χ1n) is 6.82. The van der Waals surface area contributed by atoms with E-state index in [1.54, 1.807) is 33.2 Å². The standard InChI is InChI=1S/C15H19N3O3/c1-5-12-16-13-10(15(20)21)7-6-8-11(13)18(12)9(2)14(19)17(3)4/h6-9H,5H2,1-4H3,(H,20,21). The molecule has 0 saturated carbocycles. The van der Waals surface area contributed by atoms with Crippen molar-refractivity contribution < 1.29 is 14.7 Å². The van der Waals surface area contributed by atoms with E-state index in [1.165, 1.54) is 11.0 Å². The summed E-state index contributed by atoms with van der Waals surface area (Å²) in [6.45, 7) is 3.74. The molecule has 1 atom stereocenters. The minimum Gasteiger partial charge on any atom is -0.478 e. The van der Waals surface area contributed by atoms with Crippen LogP contribution in [-0.4, -0.2) is 45.5 Å². The van der Waals surface area contributed by atoms with Crippen LogP contribution in [0, 0.1) is 0 Å². The van der Waals surface area contributed by atoms with Crippen molar-refractivity contribution >= 4 is 22.9 Å². The molecule has 112 valence electrons. The molecule has 1 heterocycles. The van der Waals surface area contributed by atoms with Crippen molar-refractivity contribution in [2.24, 2.45) is 0 Å². The van der Waals surface area contributed by atoms with Crippen LogP contribution in [0.15, 0.2) is 18.2 Å². The molecule has 1 aromatic heterocycles. The van der Waals surface area contributed by atoms with Crippen molar-refractivity contribution in [1.82, 2.24) is 14.5 Å². The number of benzene rings is 1. The predicted octanol–water partition coefficient (Wildman–Crippen LogP) is 1.95. The maximum absolute atomic E-state index is 12.2. The molecule has 0 spiro atoms. The zero-order chi connectivity index (χ0) is 15.7. The summed E-state index contributed by atoms with van der Waals surface area (Å²) >= 11 is 0. The molecule has 0 aliphatic rings. The van der Waals surface area contributed by atoms with Crippen LogP contribution in [0.25, 0.3) is 11.0 Å². The van der Waals surface area contributed by atoms with Crippen molar-refractivity contribution in [3.8, 4) is 0 Å². The Balaban J connectivity index is 2.70. The molecule has 6 nitrogen and oxygen atoms in total. The number of hydrogen-bond donors (Lipinski definition) is 1. The van der Waals surface area contributed by atoms with Gasteiger partial charge in [-0.25, -0.2) is 9.78 Å². The van der Waals surface area contributed by atoms with Crippen LogP contribution in [-0.2, 0) is 11.2 Å². The molecular weight excluding hydrogens is 270 g/mol. The number of carbonyl (C=O) groups is 2. The minimum absolute atomic E-state index is 0.0512. The average molecular weight is 289 g/mol. The monoisotopic (exact) mass is 289 g/mol. The zero-order valence-corrected chi connectivity index (χ0v) is 12.6. The maximum atomic E-state index is 12.2. The molecule has 0 fully saturated rings. The summed E-state index contributed by atoms with van der Waals surface area (Å²) in [5.41, 5.74) is 1.26. The van der Waals surface area contributed by atoms with Gasteiger partial charge < -0.3 is 14.6 Å². The third kappa shape index (κ3) is 2.49. The van der Waals surface area contributed by atoms with Gasteiger partial charge in [0, 0.05) is 20.5 Å². The number of carbonyl (C=O) groups excluding carboxylic acids is 1. The second-order valence-electron chi connectivity index (χ2n) is 5.14. The number of amides is 1. The van der Waals surface area contributed by atoms with E-state index < -0.39 is 12.0 Å². The predicted molar refractivity (Wildman–Crippen MR) is 79.5 cm³/mol. The Morgan fingerprint density at radius 3 is 2.57 bits per heavy atom. The van der Waals surface area contributed by atoms with Crippen molar-refractivity contribution in [1.29, 1.82) is 0 Å². The Kier molecular flexibility index (Phi) is 3.97. The summed E-state index contributed by atoms with van der Waals surface area (Å²) in [5, 5.41) is 9.27. The number of hydrogen-bond acceptors (Lipinski definition) is 3. The number of rotatable bonds is 4. The lowest BCUT2D eigenvalue weighted by molar-refractivity contribution is -0.131. The Hall–Kier alpha value is -2.37. The van der Waals surface area contributed by atoms with E-state index >= 15 is 0 Å². The molecule has 0 aliphatic heterocycles. The van der Waals surface area contributed by atoms with Crippen LogP contribution in [0.1, 0.15) is 36.1 Å². The van der Waals surface area contributed by atoms with Gasteiger partial charge in [0.15, 0.2) is 0 Å². The van der Waals surface area contributed by atoms with Crippen LogP contribution >= 0.6 is 0 Å². The number of aryl methyl sites for hydroxylation is 1. The molecule has 1 unspecified atom stereocenters. The number of fused-ring (bicyclic) bond motifs is 1. The van der Waals surface area contributed by atoms with Gasteiger partial charge >= 0.3 is 5.97 Å². The zero-order valence-electron chi connectivity index (χ0n) is 12.6. The molecule has 21 heavy (non-hydrogen) atoms. The van der Waals surface area contributed by atoms with Crippen molar-refractivity contribution in [2.45, 2.75) is 26.3 Å². The molecule has 6 heteroatoms. The summed E-state index contributed by atoms with van der Waals surface area (Å²) in [7, 11) is 3.40. The fourth-order valence-electron chi connectivity index (χ4n) is 2.50. The SMILES string of the molecule is CCc1nc2c(C(=O)O)cccc2n1C(C)C(=O)N(C)C. The molecule has 0 radical (unpaired) electrons. The second kappa shape index (κ2) is 5.55. The number of likely N-dealkylation sites (N-methyl/N-ethyl adjacent to an activating group) is 1. The van der Waals surface area contributed by atoms with Crippen LogP contribution in [0.4, 0.5) is 0 Å². The van der Waals surface area contributed by atoms with Gasteiger partial charge in [-0.3, -0.25) is 4.79 Å². The van der Waals surface area contributed by atoms with E-state index in [1.807, 2.05) is 11.5 Å². The van der Waals surface area contributed by atoms with Crippen LogP contribution in [0.3, 0.4) is 0 Å². The number of nitrogens with zero attached hydrogens (tertiary/aromatic N) is 3. The van der Waals surface area contributed by atoms with Gasteiger partial charge in [0.1, 0.15) is 17.4 Å². The lowest BCUT2D eigenvalue weighted by Gasteiger charge is -2.20. The maximum Gasteiger partial charge on any atom is 0.337 e. The molecule has 2 aromatic rings. The number of carboxylic acids is 1. The molecular formula is C15H19N3O3. The number of imidazole rings is 1. The lowest BCUT2D eigenvalue weighted by atomic mass is 10.2. The minimum atomic E-state index is -1.01. The highest BCUT2D eigenvalue weighted by molar-refractivity contribution is 6.01. The molecule has 1 amide bonds. The van der Waals surface area contributed by atoms with Crippen molar-refractivity contribution in [3.63, 3.8) is 0 Å². The smallest absolute Gasteiger partial charge is 0.337 e. The Morgan fingerprint density at radius 2 is 2.05 bits per heavy atom. The molecule has 0 saturated heterocycles. The average Bonchev–Trinajstić information content (AvgIpc) is 2.83. The first kappa shape index (κ1) is 15.0. The molecule has 1 aromatic carbocycles. The summed E-state index contributed by atoms with van der Waals surface area (Å²) in [4.78, 5) is 29.5. The molecule has 0 aliphatic carbocycles. The van der Waals surface area contributed by atoms with Crippen molar-refractivity contribution in [3.05, 3.63) is 29.6 Å². The van der Waals surface area contributed by atoms with Crippen LogP contribution in [0.2, 0.25) is 0 Å². The third-order valence-electron chi connectivity index (χ3n) is 3.53. The normalized spacial score (nSPS) is 12.4. The van der Waals surface area contributed by atoms with Crippen LogP contribution < -0.4 is 0 Å². The third-order valence-corrected chi connectivity index (χ3v) is 3.53. The van der Waals surface area contributed by atoms with Gasteiger partial charge in [-0.1, -0.05) is 13.0 Å². The highest BCUT2D eigenvalue weighted by Crippen LogP contribution is 2.25. The topological polar surface area (TPSA) is 75.4 Å². The number of aromatic carboxylic acids is 1. The van der Waals surface area contributed by atoms with E-state index in [0.717, 1.165) is 0 Å².